The second-order valence-electron chi connectivity index (χ2n) is 3.90. The number of benzene rings is 1. The number of hydrazine groups is 1. The molecule has 0 amide bonds. The monoisotopic (exact) mass is 282 g/mol. The summed E-state index contributed by atoms with van der Waals surface area (Å²) >= 11 is 0. The van der Waals surface area contributed by atoms with Crippen LogP contribution in [0.25, 0.3) is 0 Å². The minimum Gasteiger partial charge on any atom is -0.271 e. The topological polar surface area (TPSA) is 72.2 Å². The van der Waals surface area contributed by atoms with Crippen LogP contribution in [0.5, 0.6) is 0 Å². The summed E-state index contributed by atoms with van der Waals surface area (Å²) in [6.07, 6.45) is -3.61. The Bertz CT molecular complexity index is 514. The third-order valence-electron chi connectivity index (χ3n) is 2.31. The van der Waals surface area contributed by atoms with E-state index in [1.54, 1.807) is 0 Å². The fourth-order valence-corrected chi connectivity index (χ4v) is 2.47. The first-order valence-electron chi connectivity index (χ1n) is 4.95. The summed E-state index contributed by atoms with van der Waals surface area (Å²) < 4.78 is 60.6. The van der Waals surface area contributed by atoms with Crippen LogP contribution in [-0.4, -0.2) is 20.4 Å². The lowest BCUT2D eigenvalue weighted by atomic mass is 10.0. The summed E-state index contributed by atoms with van der Waals surface area (Å²) in [4.78, 5) is 0. The van der Waals surface area contributed by atoms with Crippen molar-refractivity contribution in [1.29, 1.82) is 0 Å². The Morgan fingerprint density at radius 3 is 2.33 bits per heavy atom. The van der Waals surface area contributed by atoms with Gasteiger partial charge in [0.2, 0.25) is 0 Å². The standard InChI is InChI=1S/C10H13F3N2O2S/c1-18(16,17)6-9(15-14)7-4-2-3-5-8(7)10(11,12)13/h2-5,9,15H,6,14H2,1H3. The van der Waals surface area contributed by atoms with Crippen molar-refractivity contribution in [3.8, 4) is 0 Å². The van der Waals surface area contributed by atoms with Crippen LogP contribution in [0.15, 0.2) is 24.3 Å². The lowest BCUT2D eigenvalue weighted by Crippen LogP contribution is -2.34. The molecular weight excluding hydrogens is 269 g/mol. The number of hydrogen-bond acceptors (Lipinski definition) is 4. The molecule has 0 bridgehead atoms. The highest BCUT2D eigenvalue weighted by atomic mass is 32.2. The summed E-state index contributed by atoms with van der Waals surface area (Å²) in [5.74, 6) is 4.64. The Kier molecular flexibility index (Phi) is 4.36. The van der Waals surface area contributed by atoms with Crippen molar-refractivity contribution in [3.05, 3.63) is 35.4 Å². The second-order valence-corrected chi connectivity index (χ2v) is 6.08. The zero-order chi connectivity index (χ0) is 14.0. The Labute approximate surface area is 103 Å². The number of hydrogen-bond donors (Lipinski definition) is 2. The molecule has 18 heavy (non-hydrogen) atoms. The molecule has 1 unspecified atom stereocenters. The average molecular weight is 282 g/mol. The zero-order valence-corrected chi connectivity index (χ0v) is 10.3. The maximum atomic E-state index is 12.8. The third kappa shape index (κ3) is 3.97. The van der Waals surface area contributed by atoms with Gasteiger partial charge in [-0.2, -0.15) is 13.2 Å². The largest absolute Gasteiger partial charge is 0.416 e. The number of alkyl halides is 3. The minimum atomic E-state index is -4.55. The van der Waals surface area contributed by atoms with Crippen LogP contribution in [0.2, 0.25) is 0 Å². The van der Waals surface area contributed by atoms with Gasteiger partial charge in [0.15, 0.2) is 0 Å². The maximum absolute atomic E-state index is 12.8. The average Bonchev–Trinajstić information content (AvgIpc) is 2.23. The summed E-state index contributed by atoms with van der Waals surface area (Å²) in [5.41, 5.74) is 1.03. The lowest BCUT2D eigenvalue weighted by molar-refractivity contribution is -0.138. The van der Waals surface area contributed by atoms with E-state index >= 15 is 0 Å². The highest BCUT2D eigenvalue weighted by Gasteiger charge is 2.35. The van der Waals surface area contributed by atoms with E-state index < -0.39 is 33.4 Å². The second kappa shape index (κ2) is 5.25. The number of nitrogens with one attached hydrogen (secondary N) is 1. The van der Waals surface area contributed by atoms with Crippen molar-refractivity contribution in [2.45, 2.75) is 12.2 Å². The summed E-state index contributed by atoms with van der Waals surface area (Å²) in [5, 5.41) is 0. The Morgan fingerprint density at radius 2 is 1.89 bits per heavy atom. The van der Waals surface area contributed by atoms with E-state index in [1.165, 1.54) is 18.2 Å². The molecule has 4 nitrogen and oxygen atoms in total. The van der Waals surface area contributed by atoms with Crippen LogP contribution in [0.3, 0.4) is 0 Å². The van der Waals surface area contributed by atoms with Gasteiger partial charge in [0, 0.05) is 6.26 Å². The predicted octanol–water partition coefficient (Wildman–Crippen LogP) is 1.25. The first-order valence-corrected chi connectivity index (χ1v) is 7.01. The molecule has 102 valence electrons. The van der Waals surface area contributed by atoms with Crippen molar-refractivity contribution < 1.29 is 21.6 Å². The number of sulfone groups is 1. The molecule has 0 heterocycles. The summed E-state index contributed by atoms with van der Waals surface area (Å²) in [6.45, 7) is 0. The molecule has 8 heteroatoms. The summed E-state index contributed by atoms with van der Waals surface area (Å²) in [6, 6.07) is 3.63. The predicted molar refractivity (Wildman–Crippen MR) is 61.2 cm³/mol. The molecule has 0 aliphatic heterocycles. The van der Waals surface area contributed by atoms with Crippen LogP contribution in [0, 0.1) is 0 Å². The van der Waals surface area contributed by atoms with Gasteiger partial charge in [0.05, 0.1) is 17.4 Å². The smallest absolute Gasteiger partial charge is 0.271 e. The van der Waals surface area contributed by atoms with Crippen LogP contribution in [0.1, 0.15) is 17.2 Å². The van der Waals surface area contributed by atoms with Gasteiger partial charge in [0.25, 0.3) is 0 Å². The van der Waals surface area contributed by atoms with Gasteiger partial charge in [0.1, 0.15) is 9.84 Å². The van der Waals surface area contributed by atoms with E-state index in [9.17, 15) is 21.6 Å². The van der Waals surface area contributed by atoms with Crippen molar-refractivity contribution in [3.63, 3.8) is 0 Å². The number of nitrogens with two attached hydrogens (primary N) is 1. The van der Waals surface area contributed by atoms with E-state index in [2.05, 4.69) is 5.43 Å². The molecule has 1 atom stereocenters. The van der Waals surface area contributed by atoms with E-state index in [-0.39, 0.29) is 5.56 Å². The zero-order valence-electron chi connectivity index (χ0n) is 9.53. The molecule has 0 saturated heterocycles. The molecule has 1 rings (SSSR count). The van der Waals surface area contributed by atoms with Crippen LogP contribution in [0.4, 0.5) is 13.2 Å². The molecule has 0 fully saturated rings. The minimum absolute atomic E-state index is 0.182. The number of rotatable bonds is 4. The quantitative estimate of drug-likeness (QED) is 0.644. The molecule has 0 spiro atoms. The molecule has 0 radical (unpaired) electrons. The van der Waals surface area contributed by atoms with Crippen LogP contribution in [-0.2, 0) is 16.0 Å². The molecule has 0 saturated carbocycles. The molecule has 1 aromatic rings. The van der Waals surface area contributed by atoms with Crippen molar-refractivity contribution in [2.75, 3.05) is 12.0 Å². The molecule has 0 aromatic heterocycles. The molecular formula is C10H13F3N2O2S. The molecule has 3 N–H and O–H groups in total. The Hall–Kier alpha value is -1.12. The van der Waals surface area contributed by atoms with Gasteiger partial charge < -0.3 is 0 Å². The van der Waals surface area contributed by atoms with E-state index in [4.69, 9.17) is 5.84 Å². The van der Waals surface area contributed by atoms with Crippen molar-refractivity contribution in [1.82, 2.24) is 5.43 Å². The van der Waals surface area contributed by atoms with Gasteiger partial charge in [-0.15, -0.1) is 0 Å². The first kappa shape index (κ1) is 14.9. The van der Waals surface area contributed by atoms with Gasteiger partial charge in [-0.25, -0.2) is 8.42 Å². The first-order chi connectivity index (χ1) is 8.15. The van der Waals surface area contributed by atoms with Gasteiger partial charge in [-0.1, -0.05) is 18.2 Å². The molecule has 0 aliphatic rings. The molecule has 0 aliphatic carbocycles. The lowest BCUT2D eigenvalue weighted by Gasteiger charge is -2.20. The fraction of sp³-hybridized carbons (Fsp3) is 0.400. The Balaban J connectivity index is 3.22. The van der Waals surface area contributed by atoms with E-state index in [0.29, 0.717) is 0 Å². The fourth-order valence-electron chi connectivity index (χ4n) is 1.59. The third-order valence-corrected chi connectivity index (χ3v) is 3.25. The molecule has 1 aromatic carbocycles. The summed E-state index contributed by atoms with van der Waals surface area (Å²) in [7, 11) is -3.46. The van der Waals surface area contributed by atoms with Gasteiger partial charge in [-0.05, 0) is 11.6 Å². The SMILES string of the molecule is CS(=O)(=O)CC(NN)c1ccccc1C(F)(F)F. The van der Waals surface area contributed by atoms with Crippen LogP contribution < -0.4 is 11.3 Å². The maximum Gasteiger partial charge on any atom is 0.416 e. The highest BCUT2D eigenvalue weighted by molar-refractivity contribution is 7.90. The number of halogens is 3. The van der Waals surface area contributed by atoms with Crippen molar-refractivity contribution in [2.24, 2.45) is 5.84 Å². The van der Waals surface area contributed by atoms with Crippen LogP contribution >= 0.6 is 0 Å². The van der Waals surface area contributed by atoms with E-state index in [1.807, 2.05) is 0 Å². The Morgan fingerprint density at radius 1 is 1.33 bits per heavy atom. The highest BCUT2D eigenvalue weighted by Crippen LogP contribution is 2.34. The normalized spacial score (nSPS) is 14.5. The van der Waals surface area contributed by atoms with Gasteiger partial charge >= 0.3 is 6.18 Å². The van der Waals surface area contributed by atoms with Crippen molar-refractivity contribution >= 4 is 9.84 Å². The van der Waals surface area contributed by atoms with Gasteiger partial charge in [-0.3, -0.25) is 11.3 Å². The van der Waals surface area contributed by atoms with E-state index in [0.717, 1.165) is 12.3 Å².